The van der Waals surface area contributed by atoms with Gasteiger partial charge >= 0.3 is 0 Å². The van der Waals surface area contributed by atoms with E-state index in [1.165, 1.54) is 0 Å². The molecule has 0 aromatic heterocycles. The number of hydrogen-bond acceptors (Lipinski definition) is 2. The lowest BCUT2D eigenvalue weighted by Gasteiger charge is -2.11. The highest BCUT2D eigenvalue weighted by atomic mass is 79.9. The normalized spacial score (nSPS) is 23.4. The van der Waals surface area contributed by atoms with E-state index in [1.54, 1.807) is 0 Å². The molecule has 1 fully saturated rings. The molecule has 1 rings (SSSR count). The first-order valence-corrected chi connectivity index (χ1v) is 7.30. The van der Waals surface area contributed by atoms with Gasteiger partial charge in [-0.1, -0.05) is 22.9 Å². The van der Waals surface area contributed by atoms with E-state index in [2.05, 4.69) is 28.2 Å². The quantitative estimate of drug-likeness (QED) is 0.784. The molecule has 4 heteroatoms. The molecular weight excluding hydrogens is 262 g/mol. The van der Waals surface area contributed by atoms with Crippen molar-refractivity contribution in [2.24, 2.45) is 5.92 Å². The Labute approximate surface area is 98.7 Å². The van der Waals surface area contributed by atoms with Crippen molar-refractivity contribution in [3.05, 3.63) is 0 Å². The largest absolute Gasteiger partial charge is 0.356 e. The van der Waals surface area contributed by atoms with E-state index in [9.17, 15) is 4.79 Å². The van der Waals surface area contributed by atoms with Crippen LogP contribution in [0.15, 0.2) is 0 Å². The first kappa shape index (κ1) is 12.4. The molecule has 14 heavy (non-hydrogen) atoms. The maximum absolute atomic E-state index is 11.6. The van der Waals surface area contributed by atoms with Crippen LogP contribution in [0.25, 0.3) is 0 Å². The molecule has 82 valence electrons. The molecule has 1 aliphatic rings. The van der Waals surface area contributed by atoms with Gasteiger partial charge in [-0.05, 0) is 25.0 Å². The summed E-state index contributed by atoms with van der Waals surface area (Å²) >= 11 is 5.44. The van der Waals surface area contributed by atoms with Gasteiger partial charge in [0, 0.05) is 23.0 Å². The first-order chi connectivity index (χ1) is 6.74. The summed E-state index contributed by atoms with van der Waals surface area (Å²) in [7, 11) is 0. The van der Waals surface area contributed by atoms with Crippen molar-refractivity contribution >= 4 is 33.6 Å². The Kier molecular flexibility index (Phi) is 5.94. The second-order valence-electron chi connectivity index (χ2n) is 3.65. The van der Waals surface area contributed by atoms with Gasteiger partial charge < -0.3 is 5.32 Å². The van der Waals surface area contributed by atoms with Gasteiger partial charge in [0.25, 0.3) is 0 Å². The molecule has 0 aromatic rings. The fraction of sp³-hybridized carbons (Fsp3) is 0.900. The van der Waals surface area contributed by atoms with E-state index in [0.29, 0.717) is 4.83 Å². The topological polar surface area (TPSA) is 29.1 Å². The fourth-order valence-electron chi connectivity index (χ4n) is 1.44. The lowest BCUT2D eigenvalue weighted by Crippen LogP contribution is -2.32. The second-order valence-corrected chi connectivity index (χ2v) is 6.09. The highest BCUT2D eigenvalue weighted by Crippen LogP contribution is 2.23. The van der Waals surface area contributed by atoms with Crippen LogP contribution in [-0.4, -0.2) is 28.8 Å². The number of carbonyl (C=O) groups excluding carboxylic acids is 1. The van der Waals surface area contributed by atoms with Gasteiger partial charge in [0.05, 0.1) is 0 Å². The Morgan fingerprint density at radius 1 is 1.71 bits per heavy atom. The summed E-state index contributed by atoms with van der Waals surface area (Å²) in [6.07, 6.45) is 3.21. The molecule has 0 aliphatic carbocycles. The van der Waals surface area contributed by atoms with Crippen molar-refractivity contribution in [1.29, 1.82) is 0 Å². The summed E-state index contributed by atoms with van der Waals surface area (Å²) in [5.74, 6) is 2.69. The van der Waals surface area contributed by atoms with E-state index in [-0.39, 0.29) is 11.8 Å². The molecule has 1 heterocycles. The molecule has 0 bridgehead atoms. The Morgan fingerprint density at radius 2 is 2.50 bits per heavy atom. The number of alkyl halides is 1. The van der Waals surface area contributed by atoms with Crippen LogP contribution in [0, 0.1) is 5.92 Å². The zero-order valence-corrected chi connectivity index (χ0v) is 11.0. The third-order valence-corrected chi connectivity index (χ3v) is 4.77. The Hall–Kier alpha value is 0.300. The third kappa shape index (κ3) is 4.22. The molecule has 0 spiro atoms. The van der Waals surface area contributed by atoms with E-state index in [1.807, 2.05) is 11.8 Å². The molecule has 1 amide bonds. The van der Waals surface area contributed by atoms with E-state index in [0.717, 1.165) is 37.3 Å². The van der Waals surface area contributed by atoms with Crippen LogP contribution in [0.5, 0.6) is 0 Å². The number of nitrogens with one attached hydrogen (secondary N) is 1. The van der Waals surface area contributed by atoms with Crippen LogP contribution < -0.4 is 5.32 Å². The van der Waals surface area contributed by atoms with Crippen molar-refractivity contribution in [2.45, 2.75) is 31.0 Å². The lowest BCUT2D eigenvalue weighted by molar-refractivity contribution is -0.124. The highest BCUT2D eigenvalue weighted by Gasteiger charge is 2.22. The predicted octanol–water partition coefficient (Wildman–Crippen LogP) is 2.42. The van der Waals surface area contributed by atoms with E-state index in [4.69, 9.17) is 0 Å². The summed E-state index contributed by atoms with van der Waals surface area (Å²) in [5.41, 5.74) is 0. The van der Waals surface area contributed by atoms with Crippen LogP contribution in [0.2, 0.25) is 0 Å². The molecule has 1 saturated heterocycles. The van der Waals surface area contributed by atoms with Crippen LogP contribution in [-0.2, 0) is 4.79 Å². The predicted molar refractivity (Wildman–Crippen MR) is 66.1 cm³/mol. The average molecular weight is 280 g/mol. The highest BCUT2D eigenvalue weighted by molar-refractivity contribution is 9.09. The number of hydrogen-bond donors (Lipinski definition) is 1. The number of carbonyl (C=O) groups is 1. The average Bonchev–Trinajstić information content (AvgIpc) is 2.70. The molecule has 0 saturated carbocycles. The fourth-order valence-corrected chi connectivity index (χ4v) is 2.89. The summed E-state index contributed by atoms with van der Waals surface area (Å²) in [6.45, 7) is 2.96. The second kappa shape index (κ2) is 6.72. The zero-order valence-electron chi connectivity index (χ0n) is 8.59. The van der Waals surface area contributed by atoms with Crippen LogP contribution in [0.4, 0.5) is 0 Å². The number of rotatable bonds is 5. The van der Waals surface area contributed by atoms with E-state index >= 15 is 0 Å². The van der Waals surface area contributed by atoms with Gasteiger partial charge in [0.1, 0.15) is 0 Å². The third-order valence-electron chi connectivity index (χ3n) is 2.50. The van der Waals surface area contributed by atoms with Gasteiger partial charge in [-0.15, -0.1) is 0 Å². The summed E-state index contributed by atoms with van der Waals surface area (Å²) in [4.78, 5) is 12.1. The standard InChI is InChI=1S/C10H18BrNOS/c1-2-9(11)3-5-12-10(13)8-4-6-14-7-8/h8-9H,2-7H2,1H3,(H,12,13). The minimum absolute atomic E-state index is 0.255. The lowest BCUT2D eigenvalue weighted by atomic mass is 10.1. The van der Waals surface area contributed by atoms with Gasteiger partial charge in [-0.2, -0.15) is 11.8 Å². The van der Waals surface area contributed by atoms with Gasteiger partial charge in [0.15, 0.2) is 0 Å². The summed E-state index contributed by atoms with van der Waals surface area (Å²) < 4.78 is 0. The SMILES string of the molecule is CCC(Br)CCNC(=O)C1CCSC1. The summed E-state index contributed by atoms with van der Waals surface area (Å²) in [6, 6.07) is 0. The molecular formula is C10H18BrNOS. The van der Waals surface area contributed by atoms with Crippen LogP contribution in [0.3, 0.4) is 0 Å². The minimum Gasteiger partial charge on any atom is -0.356 e. The minimum atomic E-state index is 0.255. The van der Waals surface area contributed by atoms with Crippen LogP contribution in [0.1, 0.15) is 26.2 Å². The van der Waals surface area contributed by atoms with Gasteiger partial charge in [-0.3, -0.25) is 4.79 Å². The zero-order chi connectivity index (χ0) is 10.4. The summed E-state index contributed by atoms with van der Waals surface area (Å²) in [5, 5.41) is 3.01. The van der Waals surface area contributed by atoms with Gasteiger partial charge in [0.2, 0.25) is 5.91 Å². The number of halogens is 1. The smallest absolute Gasteiger partial charge is 0.223 e. The molecule has 2 atom stereocenters. The molecule has 0 radical (unpaired) electrons. The van der Waals surface area contributed by atoms with Crippen molar-refractivity contribution in [3.8, 4) is 0 Å². The van der Waals surface area contributed by atoms with E-state index < -0.39 is 0 Å². The molecule has 2 unspecified atom stereocenters. The molecule has 0 aromatic carbocycles. The van der Waals surface area contributed by atoms with Crippen molar-refractivity contribution < 1.29 is 4.79 Å². The van der Waals surface area contributed by atoms with Crippen molar-refractivity contribution in [1.82, 2.24) is 5.32 Å². The first-order valence-electron chi connectivity index (χ1n) is 5.23. The maximum atomic E-state index is 11.6. The van der Waals surface area contributed by atoms with Crippen molar-refractivity contribution in [2.75, 3.05) is 18.1 Å². The Morgan fingerprint density at radius 3 is 3.07 bits per heavy atom. The van der Waals surface area contributed by atoms with Crippen molar-refractivity contribution in [3.63, 3.8) is 0 Å². The molecule has 2 nitrogen and oxygen atoms in total. The monoisotopic (exact) mass is 279 g/mol. The molecule has 1 N–H and O–H groups in total. The Balaban J connectivity index is 2.08. The molecule has 1 aliphatic heterocycles. The Bertz CT molecular complexity index is 183. The maximum Gasteiger partial charge on any atom is 0.223 e. The van der Waals surface area contributed by atoms with Gasteiger partial charge in [-0.25, -0.2) is 0 Å². The number of amides is 1. The number of thioether (sulfide) groups is 1. The van der Waals surface area contributed by atoms with Crippen LogP contribution >= 0.6 is 27.7 Å².